The Morgan fingerprint density at radius 3 is 2.91 bits per heavy atom. The highest BCUT2D eigenvalue weighted by atomic mass is 32.2. The minimum absolute atomic E-state index is 0.277. The molecule has 4 heterocycles. The first-order valence-corrected chi connectivity index (χ1v) is 12.6. The van der Waals surface area contributed by atoms with Gasteiger partial charge in [0.25, 0.3) is 0 Å². The molecule has 168 valence electrons. The Morgan fingerprint density at radius 1 is 1.28 bits per heavy atom. The predicted molar refractivity (Wildman–Crippen MR) is 133 cm³/mol. The lowest BCUT2D eigenvalue weighted by atomic mass is 10.0. The number of hydrogen-bond acceptors (Lipinski definition) is 6. The fourth-order valence-electron chi connectivity index (χ4n) is 4.84. The predicted octanol–water partition coefficient (Wildman–Crippen LogP) is 5.13. The number of rotatable bonds is 8. The maximum absolute atomic E-state index is 8.89. The summed E-state index contributed by atoms with van der Waals surface area (Å²) >= 11 is 1.40. The second-order valence-corrected chi connectivity index (χ2v) is 10.1. The van der Waals surface area contributed by atoms with Crippen LogP contribution in [0.2, 0.25) is 0 Å². The number of hydrogen-bond donors (Lipinski definition) is 2. The van der Waals surface area contributed by atoms with Gasteiger partial charge in [0, 0.05) is 25.3 Å². The largest absolute Gasteiger partial charge is 0.381 e. The number of nitrogens with one attached hydrogen (secondary N) is 2. The van der Waals surface area contributed by atoms with Gasteiger partial charge in [0.2, 0.25) is 0 Å². The lowest BCUT2D eigenvalue weighted by Crippen LogP contribution is -2.45. The number of fused-ring (bicyclic) bond motifs is 4. The summed E-state index contributed by atoms with van der Waals surface area (Å²) in [6, 6.07) is 10.8. The molecule has 2 N–H and O–H groups in total. The van der Waals surface area contributed by atoms with Gasteiger partial charge in [0.1, 0.15) is 5.03 Å². The highest BCUT2D eigenvalue weighted by Gasteiger charge is 2.39. The third kappa shape index (κ3) is 4.35. The minimum Gasteiger partial charge on any atom is -0.381 e. The molecule has 1 saturated heterocycles. The lowest BCUT2D eigenvalue weighted by molar-refractivity contribution is 0.475. The Morgan fingerprint density at radius 2 is 2.16 bits per heavy atom. The van der Waals surface area contributed by atoms with E-state index in [2.05, 4.69) is 45.7 Å². The molecule has 0 spiro atoms. The molecule has 2 aromatic heterocycles. The Hall–Kier alpha value is -2.54. The van der Waals surface area contributed by atoms with Crippen LogP contribution in [-0.4, -0.2) is 40.3 Å². The highest BCUT2D eigenvalue weighted by Crippen LogP contribution is 2.41. The maximum Gasteiger partial charge on any atom is 0.168 e. The number of anilines is 2. The molecule has 1 aliphatic carbocycles. The van der Waals surface area contributed by atoms with Crippen molar-refractivity contribution >= 4 is 34.1 Å². The molecule has 3 aliphatic rings. The van der Waals surface area contributed by atoms with Gasteiger partial charge in [0.05, 0.1) is 23.1 Å². The molecule has 32 heavy (non-hydrogen) atoms. The van der Waals surface area contributed by atoms with Gasteiger partial charge >= 0.3 is 0 Å². The molecule has 0 radical (unpaired) electrons. The second-order valence-electron chi connectivity index (χ2n) is 9.08. The smallest absolute Gasteiger partial charge is 0.168 e. The topological polar surface area (TPSA) is 68.1 Å². The summed E-state index contributed by atoms with van der Waals surface area (Å²) in [5.74, 6) is 1.65. The number of nitrogens with zero attached hydrogens (tertiary/aromatic N) is 4. The molecule has 7 heteroatoms. The molecule has 2 bridgehead atoms. The van der Waals surface area contributed by atoms with Gasteiger partial charge in [-0.05, 0) is 67.6 Å². The van der Waals surface area contributed by atoms with Crippen molar-refractivity contribution in [3.63, 3.8) is 0 Å². The van der Waals surface area contributed by atoms with Gasteiger partial charge in [-0.25, -0.2) is 9.97 Å². The lowest BCUT2D eigenvalue weighted by Gasteiger charge is -2.37. The Kier molecular flexibility index (Phi) is 6.09. The molecule has 1 saturated carbocycles. The van der Waals surface area contributed by atoms with E-state index in [1.165, 1.54) is 43.9 Å². The molecular weight excluding hydrogens is 416 g/mol. The minimum atomic E-state index is 0.277. The van der Waals surface area contributed by atoms with Crippen molar-refractivity contribution in [1.82, 2.24) is 15.3 Å². The molecule has 2 atom stereocenters. The molecule has 2 aromatic rings. The summed E-state index contributed by atoms with van der Waals surface area (Å²) in [5, 5.41) is 13.9. The van der Waals surface area contributed by atoms with Gasteiger partial charge < -0.3 is 10.2 Å². The fraction of sp³-hybridized carbons (Fsp3) is 0.480. The zero-order valence-corrected chi connectivity index (χ0v) is 19.6. The molecular formula is C25H32N6S. The average Bonchev–Trinajstić information content (AvgIpc) is 3.58. The fourth-order valence-corrected chi connectivity index (χ4v) is 5.63. The van der Waals surface area contributed by atoms with Crippen LogP contribution in [0.5, 0.6) is 0 Å². The zero-order chi connectivity index (χ0) is 22.1. The standard InChI is InChI=1S/C25H32N6S/c1-3-4-7-21(18-9-10-18)28-17(2)20-11-12-22-24(29-20)31(19-13-15-30(22)16-19)25(26)32-23-8-5-6-14-27-23/h5-6,8,11-12,14,18-19,21,26,28H,2-4,7,9-10,13,15-16H2,1H3. The van der Waals surface area contributed by atoms with E-state index in [0.29, 0.717) is 11.2 Å². The number of thioether (sulfide) groups is 1. The van der Waals surface area contributed by atoms with Gasteiger partial charge in [-0.15, -0.1) is 0 Å². The number of unbranched alkanes of at least 4 members (excludes halogenated alkanes) is 1. The summed E-state index contributed by atoms with van der Waals surface area (Å²) in [6.07, 6.45) is 9.10. The van der Waals surface area contributed by atoms with Crippen LogP contribution in [0.3, 0.4) is 0 Å². The van der Waals surface area contributed by atoms with Crippen LogP contribution >= 0.6 is 11.8 Å². The van der Waals surface area contributed by atoms with Crippen LogP contribution in [0.1, 0.15) is 51.1 Å². The van der Waals surface area contributed by atoms with Crippen molar-refractivity contribution in [2.45, 2.75) is 62.6 Å². The van der Waals surface area contributed by atoms with E-state index in [4.69, 9.17) is 10.4 Å². The monoisotopic (exact) mass is 448 g/mol. The van der Waals surface area contributed by atoms with E-state index in [-0.39, 0.29) is 6.04 Å². The van der Waals surface area contributed by atoms with Crippen LogP contribution in [-0.2, 0) is 0 Å². The SMILES string of the molecule is C=C(NC(CCCC)C1CC1)c1ccc2c(n1)N(C(=N)Sc1ccccn1)C1CCN2C1. The van der Waals surface area contributed by atoms with E-state index in [0.717, 1.165) is 53.4 Å². The molecule has 5 rings (SSSR count). The maximum atomic E-state index is 8.89. The molecule has 0 amide bonds. The van der Waals surface area contributed by atoms with Gasteiger partial charge in [-0.1, -0.05) is 32.4 Å². The highest BCUT2D eigenvalue weighted by molar-refractivity contribution is 8.14. The summed E-state index contributed by atoms with van der Waals surface area (Å²) in [4.78, 5) is 14.0. The normalized spacial score (nSPS) is 20.1. The van der Waals surface area contributed by atoms with Crippen LogP contribution in [0.25, 0.3) is 5.70 Å². The van der Waals surface area contributed by atoms with Gasteiger partial charge in [-0.2, -0.15) is 0 Å². The van der Waals surface area contributed by atoms with Crippen molar-refractivity contribution in [2.75, 3.05) is 22.9 Å². The molecule has 2 unspecified atom stereocenters. The third-order valence-electron chi connectivity index (χ3n) is 6.74. The Bertz CT molecular complexity index is 989. The summed E-state index contributed by atoms with van der Waals surface area (Å²) in [5.41, 5.74) is 2.90. The van der Waals surface area contributed by atoms with E-state index < -0.39 is 0 Å². The van der Waals surface area contributed by atoms with E-state index in [1.807, 2.05) is 18.2 Å². The quantitative estimate of drug-likeness (QED) is 0.331. The van der Waals surface area contributed by atoms with Crippen molar-refractivity contribution < 1.29 is 0 Å². The summed E-state index contributed by atoms with van der Waals surface area (Å²) < 4.78 is 0. The first kappa shape index (κ1) is 21.3. The van der Waals surface area contributed by atoms with E-state index in [1.54, 1.807) is 6.20 Å². The Balaban J connectivity index is 1.39. The van der Waals surface area contributed by atoms with Gasteiger partial charge in [0.15, 0.2) is 11.0 Å². The van der Waals surface area contributed by atoms with Crippen molar-refractivity contribution in [2.24, 2.45) is 5.92 Å². The van der Waals surface area contributed by atoms with Gasteiger partial charge in [-0.3, -0.25) is 10.3 Å². The first-order chi connectivity index (χ1) is 15.6. The molecule has 6 nitrogen and oxygen atoms in total. The van der Waals surface area contributed by atoms with Crippen LogP contribution in [0.15, 0.2) is 48.1 Å². The number of aromatic nitrogens is 2. The van der Waals surface area contributed by atoms with E-state index in [9.17, 15) is 0 Å². The van der Waals surface area contributed by atoms with Crippen molar-refractivity contribution in [3.8, 4) is 0 Å². The summed E-state index contributed by atoms with van der Waals surface area (Å²) in [6.45, 7) is 8.55. The summed E-state index contributed by atoms with van der Waals surface area (Å²) in [7, 11) is 0. The van der Waals surface area contributed by atoms with Crippen LogP contribution in [0.4, 0.5) is 11.5 Å². The molecule has 0 aromatic carbocycles. The number of amidine groups is 1. The van der Waals surface area contributed by atoms with Crippen LogP contribution in [0, 0.1) is 11.3 Å². The molecule has 2 aliphatic heterocycles. The first-order valence-electron chi connectivity index (χ1n) is 11.8. The third-order valence-corrected chi connectivity index (χ3v) is 7.58. The van der Waals surface area contributed by atoms with Crippen LogP contribution < -0.4 is 15.1 Å². The average molecular weight is 449 g/mol. The zero-order valence-electron chi connectivity index (χ0n) is 18.8. The Labute approximate surface area is 195 Å². The van der Waals surface area contributed by atoms with Crippen molar-refractivity contribution in [1.29, 1.82) is 5.41 Å². The number of pyridine rings is 2. The second kappa shape index (κ2) is 9.14. The van der Waals surface area contributed by atoms with E-state index >= 15 is 0 Å². The van der Waals surface area contributed by atoms with Crippen molar-refractivity contribution in [3.05, 3.63) is 48.8 Å². The molecule has 2 fully saturated rings.